The van der Waals surface area contributed by atoms with E-state index in [2.05, 4.69) is 0 Å². The summed E-state index contributed by atoms with van der Waals surface area (Å²) in [6.07, 6.45) is 1.12. The Morgan fingerprint density at radius 1 is 1.04 bits per heavy atom. The smallest absolute Gasteiger partial charge is 0.244 e. The molecule has 2 aliphatic rings. The zero-order valence-electron chi connectivity index (χ0n) is 12.8. The lowest BCUT2D eigenvalue weighted by Crippen LogP contribution is -2.42. The molecule has 1 heterocycles. The molecule has 4 nitrogen and oxygen atoms in total. The van der Waals surface area contributed by atoms with E-state index in [1.165, 1.54) is 0 Å². The summed E-state index contributed by atoms with van der Waals surface area (Å²) < 4.78 is 28.1. The first kappa shape index (κ1) is 14.9. The average Bonchev–Trinajstić information content (AvgIpc) is 3.26. The van der Waals surface area contributed by atoms with Crippen LogP contribution in [0.4, 0.5) is 0 Å². The standard InChI is InChI=1S/C18H20N2O2S/c19-11-17-16-10-14(16)12-20(17)23(21,22)18-9-5-4-8-15(18)13-6-2-1-3-7-13/h1-9,14,16-17H,10-12,19H2/t14-,16-,17-/m1/s1. The predicted octanol–water partition coefficient (Wildman–Crippen LogP) is 2.32. The van der Waals surface area contributed by atoms with E-state index >= 15 is 0 Å². The molecule has 5 heteroatoms. The fraction of sp³-hybridized carbons (Fsp3) is 0.333. The van der Waals surface area contributed by atoms with Gasteiger partial charge in [0.25, 0.3) is 0 Å². The Balaban J connectivity index is 1.79. The van der Waals surface area contributed by atoms with Crippen molar-refractivity contribution in [3.63, 3.8) is 0 Å². The minimum atomic E-state index is -3.53. The zero-order chi connectivity index (χ0) is 16.0. The molecule has 1 saturated carbocycles. The summed E-state index contributed by atoms with van der Waals surface area (Å²) in [6, 6.07) is 16.8. The van der Waals surface area contributed by atoms with Gasteiger partial charge in [-0.1, -0.05) is 48.5 Å². The molecule has 0 unspecified atom stereocenters. The SMILES string of the molecule is NC[C@@H]1[C@@H]2C[C@@H]2CN1S(=O)(=O)c1ccccc1-c1ccccc1. The second-order valence-corrected chi connectivity index (χ2v) is 8.26. The number of nitrogens with two attached hydrogens (primary N) is 1. The van der Waals surface area contributed by atoms with E-state index in [0.29, 0.717) is 29.8 Å². The highest BCUT2D eigenvalue weighted by molar-refractivity contribution is 7.89. The molecule has 0 spiro atoms. The molecule has 1 aliphatic heterocycles. The molecule has 0 amide bonds. The molecule has 4 rings (SSSR count). The van der Waals surface area contributed by atoms with Gasteiger partial charge in [-0.25, -0.2) is 8.42 Å². The van der Waals surface area contributed by atoms with Crippen LogP contribution in [0.15, 0.2) is 59.5 Å². The Hall–Kier alpha value is -1.69. The fourth-order valence-electron chi connectivity index (χ4n) is 3.78. The maximum Gasteiger partial charge on any atom is 0.244 e. The second kappa shape index (κ2) is 5.44. The van der Waals surface area contributed by atoms with Gasteiger partial charge in [0.1, 0.15) is 0 Å². The summed E-state index contributed by atoms with van der Waals surface area (Å²) in [5, 5.41) is 0. The van der Waals surface area contributed by atoms with Crippen molar-refractivity contribution in [1.82, 2.24) is 4.31 Å². The predicted molar refractivity (Wildman–Crippen MR) is 90.2 cm³/mol. The van der Waals surface area contributed by atoms with Crippen molar-refractivity contribution in [3.8, 4) is 11.1 Å². The Labute approximate surface area is 137 Å². The highest BCUT2D eigenvalue weighted by Crippen LogP contribution is 2.51. The van der Waals surface area contributed by atoms with E-state index < -0.39 is 10.0 Å². The van der Waals surface area contributed by atoms with Crippen molar-refractivity contribution in [2.45, 2.75) is 17.4 Å². The second-order valence-electron chi connectivity index (χ2n) is 6.40. The molecule has 0 radical (unpaired) electrons. The van der Waals surface area contributed by atoms with E-state index in [-0.39, 0.29) is 6.04 Å². The Morgan fingerprint density at radius 2 is 1.74 bits per heavy atom. The van der Waals surface area contributed by atoms with Gasteiger partial charge in [-0.2, -0.15) is 4.31 Å². The topological polar surface area (TPSA) is 63.4 Å². The first-order valence-electron chi connectivity index (χ1n) is 7.99. The number of hydrogen-bond donors (Lipinski definition) is 1. The number of rotatable bonds is 4. The van der Waals surface area contributed by atoms with Crippen molar-refractivity contribution in [3.05, 3.63) is 54.6 Å². The van der Waals surface area contributed by atoms with Gasteiger partial charge in [0, 0.05) is 24.7 Å². The van der Waals surface area contributed by atoms with E-state index in [9.17, 15) is 8.42 Å². The molecule has 120 valence electrons. The van der Waals surface area contributed by atoms with Crippen LogP contribution in [-0.4, -0.2) is 31.9 Å². The largest absolute Gasteiger partial charge is 0.329 e. The Kier molecular flexibility index (Phi) is 3.52. The summed E-state index contributed by atoms with van der Waals surface area (Å²) in [6.45, 7) is 1.01. The van der Waals surface area contributed by atoms with Crippen LogP contribution in [0.25, 0.3) is 11.1 Å². The van der Waals surface area contributed by atoms with Gasteiger partial charge >= 0.3 is 0 Å². The molecule has 1 saturated heterocycles. The number of hydrogen-bond acceptors (Lipinski definition) is 3. The van der Waals surface area contributed by atoms with E-state index in [1.54, 1.807) is 16.4 Å². The zero-order valence-corrected chi connectivity index (χ0v) is 13.6. The molecule has 2 aromatic rings. The lowest BCUT2D eigenvalue weighted by atomic mass is 10.1. The van der Waals surface area contributed by atoms with Crippen molar-refractivity contribution in [2.75, 3.05) is 13.1 Å². The molecule has 23 heavy (non-hydrogen) atoms. The van der Waals surface area contributed by atoms with Crippen LogP contribution < -0.4 is 5.73 Å². The number of piperidine rings is 1. The molecule has 2 aromatic carbocycles. The summed E-state index contributed by atoms with van der Waals surface area (Å²) in [4.78, 5) is 0.381. The lowest BCUT2D eigenvalue weighted by Gasteiger charge is -2.26. The number of benzene rings is 2. The van der Waals surface area contributed by atoms with Gasteiger partial charge in [-0.15, -0.1) is 0 Å². The average molecular weight is 328 g/mol. The third-order valence-electron chi connectivity index (χ3n) is 5.06. The third-order valence-corrected chi connectivity index (χ3v) is 7.00. The Morgan fingerprint density at radius 3 is 2.48 bits per heavy atom. The highest BCUT2D eigenvalue weighted by Gasteiger charge is 2.55. The van der Waals surface area contributed by atoms with Crippen molar-refractivity contribution < 1.29 is 8.42 Å². The van der Waals surface area contributed by atoms with E-state index in [1.807, 2.05) is 42.5 Å². The van der Waals surface area contributed by atoms with Gasteiger partial charge < -0.3 is 5.73 Å². The molecule has 1 aliphatic carbocycles. The van der Waals surface area contributed by atoms with Crippen molar-refractivity contribution >= 4 is 10.0 Å². The monoisotopic (exact) mass is 328 g/mol. The molecular weight excluding hydrogens is 308 g/mol. The molecular formula is C18H20N2O2S. The number of nitrogens with zero attached hydrogens (tertiary/aromatic N) is 1. The number of sulfonamides is 1. The molecule has 0 aromatic heterocycles. The van der Waals surface area contributed by atoms with Crippen LogP contribution in [0, 0.1) is 11.8 Å². The van der Waals surface area contributed by atoms with Crippen LogP contribution in [0.2, 0.25) is 0 Å². The van der Waals surface area contributed by atoms with Crippen LogP contribution in [-0.2, 0) is 10.0 Å². The van der Waals surface area contributed by atoms with Crippen LogP contribution in [0.3, 0.4) is 0 Å². The minimum Gasteiger partial charge on any atom is -0.329 e. The minimum absolute atomic E-state index is 0.0474. The van der Waals surface area contributed by atoms with Gasteiger partial charge in [-0.3, -0.25) is 0 Å². The van der Waals surface area contributed by atoms with Gasteiger partial charge in [0.2, 0.25) is 10.0 Å². The van der Waals surface area contributed by atoms with Gasteiger partial charge in [0.05, 0.1) is 4.90 Å². The highest BCUT2D eigenvalue weighted by atomic mass is 32.2. The fourth-order valence-corrected chi connectivity index (χ4v) is 5.73. The molecule has 0 bridgehead atoms. The summed E-state index contributed by atoms with van der Waals surface area (Å²) in [5.74, 6) is 0.959. The lowest BCUT2D eigenvalue weighted by molar-refractivity contribution is 0.350. The van der Waals surface area contributed by atoms with E-state index in [0.717, 1.165) is 17.5 Å². The van der Waals surface area contributed by atoms with Gasteiger partial charge in [0.15, 0.2) is 0 Å². The third kappa shape index (κ3) is 2.40. The summed E-state index contributed by atoms with van der Waals surface area (Å²) >= 11 is 0. The van der Waals surface area contributed by atoms with Crippen molar-refractivity contribution in [2.24, 2.45) is 17.6 Å². The summed E-state index contributed by atoms with van der Waals surface area (Å²) in [7, 11) is -3.53. The quantitative estimate of drug-likeness (QED) is 0.937. The normalized spacial score (nSPS) is 26.9. The maximum atomic E-state index is 13.2. The first-order valence-corrected chi connectivity index (χ1v) is 9.43. The first-order chi connectivity index (χ1) is 11.1. The van der Waals surface area contributed by atoms with Crippen LogP contribution in [0.5, 0.6) is 0 Å². The molecule has 3 atom stereocenters. The molecule has 2 N–H and O–H groups in total. The maximum absolute atomic E-state index is 13.2. The van der Waals surface area contributed by atoms with Crippen LogP contribution >= 0.6 is 0 Å². The summed E-state index contributed by atoms with van der Waals surface area (Å²) in [5.41, 5.74) is 7.53. The Bertz CT molecular complexity index is 820. The van der Waals surface area contributed by atoms with Gasteiger partial charge in [-0.05, 0) is 29.9 Å². The van der Waals surface area contributed by atoms with E-state index in [4.69, 9.17) is 5.73 Å². The van der Waals surface area contributed by atoms with Crippen molar-refractivity contribution in [1.29, 1.82) is 0 Å². The molecule has 2 fully saturated rings. The van der Waals surface area contributed by atoms with Crippen LogP contribution in [0.1, 0.15) is 6.42 Å². The number of fused-ring (bicyclic) bond motifs is 1.